The third-order valence-electron chi connectivity index (χ3n) is 8.68. The maximum absolute atomic E-state index is 14.0. The highest BCUT2D eigenvalue weighted by molar-refractivity contribution is 5.89. The lowest BCUT2D eigenvalue weighted by Gasteiger charge is -2.23. The molecule has 5 rings (SSSR count). The number of aliphatic imine (C=N–C) groups is 1. The van der Waals surface area contributed by atoms with Gasteiger partial charge >= 0.3 is 12.1 Å². The molecule has 5 aromatic rings. The number of hydrogen-bond acceptors (Lipinski definition) is 10. The Bertz CT molecular complexity index is 2040. The third kappa shape index (κ3) is 14.6. The van der Waals surface area contributed by atoms with Gasteiger partial charge in [-0.25, -0.2) is 9.59 Å². The van der Waals surface area contributed by atoms with Gasteiger partial charge in [0.05, 0.1) is 0 Å². The highest BCUT2D eigenvalue weighted by atomic mass is 16.6. The van der Waals surface area contributed by atoms with Gasteiger partial charge in [0.25, 0.3) is 0 Å². The van der Waals surface area contributed by atoms with Crippen LogP contribution in [0.15, 0.2) is 145 Å². The quantitative estimate of drug-likeness (QED) is 0.0204. The Morgan fingerprint density at radius 1 is 0.603 bits per heavy atom. The molecule has 0 aliphatic heterocycles. The van der Waals surface area contributed by atoms with Crippen LogP contribution < -0.4 is 36.9 Å². The monoisotopic (exact) mass is 787 g/mol. The highest BCUT2D eigenvalue weighted by Crippen LogP contribution is 2.31. The van der Waals surface area contributed by atoms with Crippen molar-refractivity contribution in [3.8, 4) is 11.5 Å². The standard InChI is InChI=1S/C44H47N6O8/c45-43(49-50-54)46-25-13-22-37(48-44(53)58-31-35-20-11-4-12-21-35)41(51)47-38(42(52)57-30-34-18-9-3-10-19-34)26-36-23-24-39(55-28-32-14-5-1-6-15-32)40(27-36)56-29-33-16-7-2-8-17-33/h1-12,14-21,23-24,27,37-38,50H,13,22,25-26,28-31H2,(H,47,51)(H,48,53)(H3,45,46,49)/q-1/t37-,38-/m0/s1. The zero-order chi connectivity index (χ0) is 40.8. The van der Waals surface area contributed by atoms with Crippen molar-refractivity contribution in [3.05, 3.63) is 173 Å². The Hall–Kier alpha value is -6.90. The number of rotatable bonds is 21. The second-order valence-electron chi connectivity index (χ2n) is 13.1. The molecular weight excluding hydrogens is 741 g/mol. The normalized spacial score (nSPS) is 12.1. The zero-order valence-corrected chi connectivity index (χ0v) is 31.9. The lowest BCUT2D eigenvalue weighted by molar-refractivity contribution is -0.149. The molecule has 0 radical (unpaired) electrons. The van der Waals surface area contributed by atoms with Crippen LogP contribution in [0.2, 0.25) is 0 Å². The summed E-state index contributed by atoms with van der Waals surface area (Å²) in [5, 5.41) is 16.0. The first-order valence-corrected chi connectivity index (χ1v) is 18.7. The Balaban J connectivity index is 1.36. The fourth-order valence-electron chi connectivity index (χ4n) is 5.68. The SMILES string of the molecule is NC(=NCCC[C@H](NC(=O)OCc1ccccc1)C(=O)N[C@@H](Cc1ccc(OCc2ccccc2)c(OCc2ccccc2)c1)C(=O)OCc1ccccc1)NN[O-]. The third-order valence-corrected chi connectivity index (χ3v) is 8.68. The van der Waals surface area contributed by atoms with Crippen molar-refractivity contribution in [2.75, 3.05) is 6.54 Å². The maximum atomic E-state index is 14.0. The number of ether oxygens (including phenoxy) is 4. The first kappa shape index (κ1) is 42.2. The van der Waals surface area contributed by atoms with Gasteiger partial charge in [-0.3, -0.25) is 9.79 Å². The molecule has 6 N–H and O–H groups in total. The van der Waals surface area contributed by atoms with Gasteiger partial charge in [0.2, 0.25) is 11.9 Å². The van der Waals surface area contributed by atoms with E-state index >= 15 is 0 Å². The van der Waals surface area contributed by atoms with Crippen molar-refractivity contribution in [1.82, 2.24) is 21.6 Å². The van der Waals surface area contributed by atoms with Crippen LogP contribution in [-0.4, -0.2) is 42.6 Å². The lowest BCUT2D eigenvalue weighted by atomic mass is 10.0. The van der Waals surface area contributed by atoms with Crippen molar-refractivity contribution in [3.63, 3.8) is 0 Å². The molecule has 0 saturated heterocycles. The van der Waals surface area contributed by atoms with E-state index in [9.17, 15) is 19.6 Å². The van der Waals surface area contributed by atoms with Crippen molar-refractivity contribution >= 4 is 23.9 Å². The molecule has 58 heavy (non-hydrogen) atoms. The van der Waals surface area contributed by atoms with Crippen molar-refractivity contribution in [2.45, 2.75) is 57.8 Å². The largest absolute Gasteiger partial charge is 0.770 e. The molecule has 0 bridgehead atoms. The summed E-state index contributed by atoms with van der Waals surface area (Å²) in [4.78, 5) is 44.8. The molecule has 0 aliphatic rings. The number of amides is 2. The average molecular weight is 788 g/mol. The fourth-order valence-corrected chi connectivity index (χ4v) is 5.68. The molecule has 0 spiro atoms. The number of nitrogens with two attached hydrogens (primary N) is 1. The zero-order valence-electron chi connectivity index (χ0n) is 31.9. The smallest absolute Gasteiger partial charge is 0.408 e. The van der Waals surface area contributed by atoms with Crippen molar-refractivity contribution in [2.24, 2.45) is 10.7 Å². The number of guanidine groups is 1. The summed E-state index contributed by atoms with van der Waals surface area (Å²) in [5.41, 5.74) is 13.3. The van der Waals surface area contributed by atoms with Gasteiger partial charge < -0.3 is 51.5 Å². The molecule has 14 nitrogen and oxygen atoms in total. The van der Waals surface area contributed by atoms with Gasteiger partial charge in [0.15, 0.2) is 11.5 Å². The molecule has 2 amide bonds. The number of esters is 1. The summed E-state index contributed by atoms with van der Waals surface area (Å²) in [7, 11) is 0. The number of nitrogens with zero attached hydrogens (tertiary/aromatic N) is 1. The highest BCUT2D eigenvalue weighted by Gasteiger charge is 2.29. The maximum Gasteiger partial charge on any atom is 0.408 e. The summed E-state index contributed by atoms with van der Waals surface area (Å²) < 4.78 is 23.6. The number of carbonyl (C=O) groups excluding carboxylic acids is 3. The van der Waals surface area contributed by atoms with Gasteiger partial charge in [-0.15, -0.1) is 0 Å². The van der Waals surface area contributed by atoms with Crippen LogP contribution in [-0.2, 0) is 51.9 Å². The number of alkyl carbamates (subject to hydrolysis) is 1. The predicted molar refractivity (Wildman–Crippen MR) is 219 cm³/mol. The molecule has 0 aromatic heterocycles. The summed E-state index contributed by atoms with van der Waals surface area (Å²) in [5.74, 6) is -0.540. The van der Waals surface area contributed by atoms with E-state index in [2.05, 4.69) is 21.1 Å². The molecule has 5 aromatic carbocycles. The van der Waals surface area contributed by atoms with Crippen LogP contribution in [0.4, 0.5) is 4.79 Å². The van der Waals surface area contributed by atoms with Crippen LogP contribution in [0.1, 0.15) is 40.7 Å². The van der Waals surface area contributed by atoms with E-state index in [1.54, 1.807) is 30.3 Å². The minimum atomic E-state index is -1.18. The second-order valence-corrected chi connectivity index (χ2v) is 13.1. The van der Waals surface area contributed by atoms with Crippen molar-refractivity contribution < 1.29 is 33.3 Å². The number of nitrogens with one attached hydrogen (secondary N) is 4. The van der Waals surface area contributed by atoms with Gasteiger partial charge in [0.1, 0.15) is 38.5 Å². The predicted octanol–water partition coefficient (Wildman–Crippen LogP) is 5.60. The van der Waals surface area contributed by atoms with E-state index in [1.165, 1.54) is 5.59 Å². The Morgan fingerprint density at radius 3 is 1.67 bits per heavy atom. The Labute approximate surface area is 337 Å². The first-order chi connectivity index (χ1) is 28.4. The molecule has 0 aliphatic carbocycles. The first-order valence-electron chi connectivity index (χ1n) is 18.7. The van der Waals surface area contributed by atoms with Crippen LogP contribution in [0, 0.1) is 5.21 Å². The summed E-state index contributed by atoms with van der Waals surface area (Å²) >= 11 is 0. The van der Waals surface area contributed by atoms with Crippen LogP contribution in [0.3, 0.4) is 0 Å². The van der Waals surface area contributed by atoms with E-state index in [4.69, 9.17) is 24.7 Å². The Morgan fingerprint density at radius 2 is 1.12 bits per heavy atom. The Kier molecular flexibility index (Phi) is 16.9. The van der Waals surface area contributed by atoms with Gasteiger partial charge in [-0.05, 0) is 52.8 Å². The van der Waals surface area contributed by atoms with Crippen LogP contribution in [0.25, 0.3) is 0 Å². The van der Waals surface area contributed by atoms with E-state index in [-0.39, 0.29) is 51.6 Å². The number of carbonyl (C=O) groups is 3. The molecule has 0 heterocycles. The number of hydrogen-bond donors (Lipinski definition) is 5. The average Bonchev–Trinajstić information content (AvgIpc) is 3.26. The van der Waals surface area contributed by atoms with Crippen LogP contribution in [0.5, 0.6) is 11.5 Å². The topological polar surface area (TPSA) is 198 Å². The van der Waals surface area contributed by atoms with Crippen LogP contribution >= 0.6 is 0 Å². The van der Waals surface area contributed by atoms with Gasteiger partial charge in [-0.1, -0.05) is 127 Å². The fraction of sp³-hybridized carbons (Fsp3) is 0.227. The second kappa shape index (κ2) is 23.2. The minimum Gasteiger partial charge on any atom is -0.770 e. The van der Waals surface area contributed by atoms with Crippen molar-refractivity contribution in [1.29, 1.82) is 0 Å². The molecule has 0 fully saturated rings. The van der Waals surface area contributed by atoms with Gasteiger partial charge in [0, 0.05) is 13.0 Å². The molecule has 14 heteroatoms. The minimum absolute atomic E-state index is 0.0138. The van der Waals surface area contributed by atoms with E-state index in [0.717, 1.165) is 22.3 Å². The number of hydrazine groups is 1. The molecule has 2 atom stereocenters. The molecule has 0 saturated carbocycles. The summed E-state index contributed by atoms with van der Waals surface area (Å²) in [6.07, 6.45) is -0.461. The van der Waals surface area contributed by atoms with E-state index < -0.39 is 30.1 Å². The summed E-state index contributed by atoms with van der Waals surface area (Å²) in [6, 6.07) is 40.7. The van der Waals surface area contributed by atoms with E-state index in [1.807, 2.05) is 109 Å². The molecular formula is C44H47N6O8-. The summed E-state index contributed by atoms with van der Waals surface area (Å²) in [6.45, 7) is 0.640. The number of benzene rings is 5. The van der Waals surface area contributed by atoms with E-state index in [0.29, 0.717) is 23.7 Å². The van der Waals surface area contributed by atoms with Gasteiger partial charge in [-0.2, -0.15) is 0 Å². The molecule has 302 valence electrons. The lowest BCUT2D eigenvalue weighted by Crippen LogP contribution is -2.52. The molecule has 0 unspecified atom stereocenters.